The number of unbranched alkanes of at least 4 members (excludes halogenated alkanes) is 1. The smallest absolute Gasteiger partial charge is 0.381 e. The van der Waals surface area contributed by atoms with Gasteiger partial charge in [0.05, 0.1) is 0 Å². The fraction of sp³-hybridized carbons (Fsp3) is 0.667. The Hall–Kier alpha value is -1.35. The second-order valence-electron chi connectivity index (χ2n) is 4.24. The highest BCUT2D eigenvalue weighted by molar-refractivity contribution is 7.13. The first kappa shape index (κ1) is 17.7. The largest absolute Gasteiger partial charge is 0.434 e. The van der Waals surface area contributed by atoms with Crippen LogP contribution in [0.1, 0.15) is 31.9 Å². The van der Waals surface area contributed by atoms with Gasteiger partial charge in [-0.2, -0.15) is 13.2 Å². The van der Waals surface area contributed by atoms with E-state index in [4.69, 9.17) is 4.74 Å². The molecule has 0 spiro atoms. The number of nitrogens with one attached hydrogen (secondary N) is 2. The Morgan fingerprint density at radius 3 is 2.71 bits per heavy atom. The van der Waals surface area contributed by atoms with Gasteiger partial charge in [-0.15, -0.1) is 11.3 Å². The number of rotatable bonds is 8. The van der Waals surface area contributed by atoms with Crippen LogP contribution in [0.2, 0.25) is 0 Å². The number of aromatic nitrogens is 1. The minimum Gasteiger partial charge on any atom is -0.381 e. The van der Waals surface area contributed by atoms with E-state index in [2.05, 4.69) is 22.5 Å². The van der Waals surface area contributed by atoms with Gasteiger partial charge in [-0.3, -0.25) is 5.32 Å². The number of nitrogens with zero attached hydrogens (tertiary/aromatic N) is 1. The summed E-state index contributed by atoms with van der Waals surface area (Å²) in [6, 6.07) is -0.577. The van der Waals surface area contributed by atoms with Crippen LogP contribution in [-0.4, -0.2) is 30.8 Å². The van der Waals surface area contributed by atoms with Crippen molar-refractivity contribution in [3.05, 3.63) is 11.1 Å². The summed E-state index contributed by atoms with van der Waals surface area (Å²) < 4.78 is 42.3. The van der Waals surface area contributed by atoms with E-state index in [1.807, 2.05) is 0 Å². The number of carbonyl (C=O) groups is 1. The summed E-state index contributed by atoms with van der Waals surface area (Å²) in [4.78, 5) is 14.7. The van der Waals surface area contributed by atoms with Crippen molar-refractivity contribution in [2.24, 2.45) is 0 Å². The molecule has 9 heteroatoms. The van der Waals surface area contributed by atoms with E-state index in [0.717, 1.165) is 29.6 Å². The van der Waals surface area contributed by atoms with Gasteiger partial charge in [-0.1, -0.05) is 13.3 Å². The summed E-state index contributed by atoms with van der Waals surface area (Å²) >= 11 is 0.730. The standard InChI is InChI=1S/C12H18F3N3O2S/c1-2-3-6-20-7-4-5-16-10(19)18-11-17-9(8-21-11)12(13,14)15/h8H,2-7H2,1H3,(H2,16,17,18,19). The Morgan fingerprint density at radius 2 is 2.10 bits per heavy atom. The average Bonchev–Trinajstić information content (AvgIpc) is 2.86. The number of amides is 2. The van der Waals surface area contributed by atoms with Crippen molar-refractivity contribution < 1.29 is 22.7 Å². The normalized spacial score (nSPS) is 11.4. The molecule has 0 bridgehead atoms. The molecule has 0 aliphatic heterocycles. The quantitative estimate of drug-likeness (QED) is 0.719. The highest BCUT2D eigenvalue weighted by atomic mass is 32.1. The Bertz CT molecular complexity index is 438. The predicted molar refractivity (Wildman–Crippen MR) is 74.5 cm³/mol. The summed E-state index contributed by atoms with van der Waals surface area (Å²) in [7, 11) is 0. The molecule has 2 amide bonds. The zero-order valence-electron chi connectivity index (χ0n) is 11.6. The van der Waals surface area contributed by atoms with Gasteiger partial charge in [0.15, 0.2) is 10.8 Å². The lowest BCUT2D eigenvalue weighted by Gasteiger charge is -2.06. The molecule has 5 nitrogen and oxygen atoms in total. The van der Waals surface area contributed by atoms with Gasteiger partial charge < -0.3 is 10.1 Å². The summed E-state index contributed by atoms with van der Waals surface area (Å²) in [5.41, 5.74) is -1.01. The average molecular weight is 325 g/mol. The van der Waals surface area contributed by atoms with Crippen LogP contribution < -0.4 is 10.6 Å². The van der Waals surface area contributed by atoms with Gasteiger partial charge in [0.25, 0.3) is 0 Å². The lowest BCUT2D eigenvalue weighted by molar-refractivity contribution is -0.140. The van der Waals surface area contributed by atoms with Crippen molar-refractivity contribution in [1.82, 2.24) is 10.3 Å². The van der Waals surface area contributed by atoms with Gasteiger partial charge in [-0.05, 0) is 12.8 Å². The van der Waals surface area contributed by atoms with Gasteiger partial charge >= 0.3 is 12.2 Å². The number of ether oxygens (including phenoxy) is 1. The first-order valence-electron chi connectivity index (χ1n) is 6.58. The zero-order valence-corrected chi connectivity index (χ0v) is 12.4. The number of hydrogen-bond donors (Lipinski definition) is 2. The molecule has 1 rings (SSSR count). The van der Waals surface area contributed by atoms with Gasteiger partial charge in [-0.25, -0.2) is 9.78 Å². The van der Waals surface area contributed by atoms with Crippen LogP contribution in [0.25, 0.3) is 0 Å². The fourth-order valence-electron chi connectivity index (χ4n) is 1.33. The van der Waals surface area contributed by atoms with Gasteiger partial charge in [0.1, 0.15) is 0 Å². The molecule has 0 saturated carbocycles. The maximum absolute atomic E-state index is 12.3. The van der Waals surface area contributed by atoms with Crippen molar-refractivity contribution >= 4 is 22.5 Å². The Labute approximate surface area is 124 Å². The maximum Gasteiger partial charge on any atom is 0.434 e. The van der Waals surface area contributed by atoms with Crippen molar-refractivity contribution in [3.8, 4) is 0 Å². The third-order valence-electron chi connectivity index (χ3n) is 2.41. The van der Waals surface area contributed by atoms with Crippen molar-refractivity contribution in [3.63, 3.8) is 0 Å². The Balaban J connectivity index is 2.18. The number of hydrogen-bond acceptors (Lipinski definition) is 4. The third-order valence-corrected chi connectivity index (χ3v) is 3.17. The van der Waals surface area contributed by atoms with E-state index in [0.29, 0.717) is 26.2 Å². The van der Waals surface area contributed by atoms with Crippen LogP contribution in [0, 0.1) is 0 Å². The highest BCUT2D eigenvalue weighted by Crippen LogP contribution is 2.31. The van der Waals surface area contributed by atoms with E-state index in [-0.39, 0.29) is 5.13 Å². The predicted octanol–water partition coefficient (Wildman–Crippen LogP) is 3.49. The van der Waals surface area contributed by atoms with E-state index >= 15 is 0 Å². The van der Waals surface area contributed by atoms with Crippen LogP contribution in [0.15, 0.2) is 5.38 Å². The molecule has 0 unspecified atom stereocenters. The molecule has 120 valence electrons. The lowest BCUT2D eigenvalue weighted by atomic mass is 10.4. The van der Waals surface area contributed by atoms with Gasteiger partial charge in [0.2, 0.25) is 0 Å². The number of alkyl halides is 3. The molecule has 1 aromatic heterocycles. The minimum atomic E-state index is -4.50. The highest BCUT2D eigenvalue weighted by Gasteiger charge is 2.33. The minimum absolute atomic E-state index is 0.0842. The molecule has 0 aromatic carbocycles. The number of urea groups is 1. The third kappa shape index (κ3) is 7.28. The molecule has 0 radical (unpaired) electrons. The number of thiazole rings is 1. The summed E-state index contributed by atoms with van der Waals surface area (Å²) in [5, 5.41) is 5.56. The number of anilines is 1. The molecule has 0 aliphatic carbocycles. The van der Waals surface area contributed by atoms with Crippen molar-refractivity contribution in [2.45, 2.75) is 32.4 Å². The molecule has 21 heavy (non-hydrogen) atoms. The second-order valence-corrected chi connectivity index (χ2v) is 5.09. The van der Waals surface area contributed by atoms with Gasteiger partial charge in [0, 0.05) is 25.1 Å². The molecule has 0 fully saturated rings. The van der Waals surface area contributed by atoms with Crippen LogP contribution in [0.3, 0.4) is 0 Å². The summed E-state index contributed by atoms with van der Waals surface area (Å²) in [6.45, 7) is 3.69. The first-order chi connectivity index (χ1) is 9.93. The Kier molecular flexibility index (Phi) is 7.44. The summed E-state index contributed by atoms with van der Waals surface area (Å²) in [6.07, 6.45) is -1.79. The first-order valence-corrected chi connectivity index (χ1v) is 7.46. The van der Waals surface area contributed by atoms with E-state index in [1.165, 1.54) is 0 Å². The number of carbonyl (C=O) groups excluding carboxylic acids is 1. The van der Waals surface area contributed by atoms with Crippen LogP contribution in [-0.2, 0) is 10.9 Å². The second kappa shape index (κ2) is 8.83. The number of halogens is 3. The van der Waals surface area contributed by atoms with E-state index in [9.17, 15) is 18.0 Å². The SMILES string of the molecule is CCCCOCCCNC(=O)Nc1nc(C(F)(F)F)cs1. The van der Waals surface area contributed by atoms with E-state index in [1.54, 1.807) is 0 Å². The zero-order chi connectivity index (χ0) is 15.7. The lowest BCUT2D eigenvalue weighted by Crippen LogP contribution is -2.30. The molecular weight excluding hydrogens is 307 g/mol. The monoisotopic (exact) mass is 325 g/mol. The van der Waals surface area contributed by atoms with E-state index < -0.39 is 17.9 Å². The van der Waals surface area contributed by atoms with Crippen molar-refractivity contribution in [2.75, 3.05) is 25.1 Å². The molecular formula is C12H18F3N3O2S. The molecule has 0 saturated heterocycles. The molecule has 1 aromatic rings. The maximum atomic E-state index is 12.3. The van der Waals surface area contributed by atoms with Crippen LogP contribution in [0.5, 0.6) is 0 Å². The van der Waals surface area contributed by atoms with Crippen LogP contribution >= 0.6 is 11.3 Å². The molecule has 0 atom stereocenters. The topological polar surface area (TPSA) is 63.2 Å². The molecule has 1 heterocycles. The summed E-state index contributed by atoms with van der Waals surface area (Å²) in [5.74, 6) is 0. The fourth-order valence-corrected chi connectivity index (χ4v) is 2.04. The van der Waals surface area contributed by atoms with Crippen LogP contribution in [0.4, 0.5) is 23.1 Å². The molecule has 0 aliphatic rings. The molecule has 2 N–H and O–H groups in total. The van der Waals surface area contributed by atoms with Crippen molar-refractivity contribution in [1.29, 1.82) is 0 Å². The Morgan fingerprint density at radius 1 is 1.38 bits per heavy atom.